The standard InChI is InChI=1S/C11H18N2O3/c1-5-13(6-11(3,4)15)10(14)9-8(2)12-7-16-9/h7,15H,5-6H2,1-4H3. The van der Waals surface area contributed by atoms with Crippen LogP contribution in [0.1, 0.15) is 37.0 Å². The van der Waals surface area contributed by atoms with Crippen molar-refractivity contribution >= 4 is 5.91 Å². The molecular formula is C11H18N2O3. The van der Waals surface area contributed by atoms with Crippen LogP contribution < -0.4 is 0 Å². The molecule has 0 aliphatic carbocycles. The fourth-order valence-electron chi connectivity index (χ4n) is 1.45. The number of carbonyl (C=O) groups excluding carboxylic acids is 1. The molecule has 0 saturated heterocycles. The number of hydrogen-bond acceptors (Lipinski definition) is 4. The van der Waals surface area contributed by atoms with Gasteiger partial charge in [-0.15, -0.1) is 0 Å². The molecule has 1 heterocycles. The lowest BCUT2D eigenvalue weighted by Crippen LogP contribution is -2.42. The molecule has 5 nitrogen and oxygen atoms in total. The Labute approximate surface area is 95.1 Å². The van der Waals surface area contributed by atoms with Gasteiger partial charge in [-0.2, -0.15) is 0 Å². The van der Waals surface area contributed by atoms with Gasteiger partial charge in [0, 0.05) is 13.1 Å². The summed E-state index contributed by atoms with van der Waals surface area (Å²) in [6, 6.07) is 0. The third-order valence-electron chi connectivity index (χ3n) is 2.19. The second kappa shape index (κ2) is 4.65. The molecule has 0 saturated carbocycles. The first-order chi connectivity index (χ1) is 7.35. The number of aliphatic hydroxyl groups is 1. The van der Waals surface area contributed by atoms with Gasteiger partial charge in [0.25, 0.3) is 5.91 Å². The Morgan fingerprint density at radius 3 is 2.62 bits per heavy atom. The Morgan fingerprint density at radius 2 is 2.25 bits per heavy atom. The maximum atomic E-state index is 12.0. The molecule has 90 valence electrons. The number of nitrogens with zero attached hydrogens (tertiary/aromatic N) is 2. The minimum Gasteiger partial charge on any atom is -0.438 e. The molecule has 0 aliphatic heterocycles. The second-order valence-electron chi connectivity index (χ2n) is 4.40. The summed E-state index contributed by atoms with van der Waals surface area (Å²) in [5, 5.41) is 9.69. The summed E-state index contributed by atoms with van der Waals surface area (Å²) in [6.07, 6.45) is 1.25. The molecule has 1 N–H and O–H groups in total. The topological polar surface area (TPSA) is 66.6 Å². The van der Waals surface area contributed by atoms with E-state index in [1.165, 1.54) is 11.3 Å². The Morgan fingerprint density at radius 1 is 1.62 bits per heavy atom. The largest absolute Gasteiger partial charge is 0.438 e. The van der Waals surface area contributed by atoms with Gasteiger partial charge < -0.3 is 14.4 Å². The van der Waals surface area contributed by atoms with Crippen molar-refractivity contribution in [2.75, 3.05) is 13.1 Å². The smallest absolute Gasteiger partial charge is 0.291 e. The van der Waals surface area contributed by atoms with E-state index in [9.17, 15) is 9.90 Å². The Bertz CT molecular complexity index is 366. The summed E-state index contributed by atoms with van der Waals surface area (Å²) < 4.78 is 5.04. The third kappa shape index (κ3) is 3.06. The second-order valence-corrected chi connectivity index (χ2v) is 4.40. The van der Waals surface area contributed by atoms with Gasteiger partial charge >= 0.3 is 0 Å². The minimum absolute atomic E-state index is 0.236. The van der Waals surface area contributed by atoms with Crippen molar-refractivity contribution in [2.45, 2.75) is 33.3 Å². The zero-order chi connectivity index (χ0) is 12.3. The zero-order valence-electron chi connectivity index (χ0n) is 10.1. The normalized spacial score (nSPS) is 11.6. The highest BCUT2D eigenvalue weighted by atomic mass is 16.4. The van der Waals surface area contributed by atoms with E-state index in [-0.39, 0.29) is 18.2 Å². The SMILES string of the molecule is CCN(CC(C)(C)O)C(=O)c1ocnc1C. The van der Waals surface area contributed by atoms with Gasteiger partial charge in [-0.1, -0.05) is 0 Å². The van der Waals surface area contributed by atoms with Gasteiger partial charge in [0.05, 0.1) is 11.3 Å². The van der Waals surface area contributed by atoms with Crippen LogP contribution in [-0.4, -0.2) is 39.6 Å². The van der Waals surface area contributed by atoms with Gasteiger partial charge in [0.15, 0.2) is 6.39 Å². The van der Waals surface area contributed by atoms with E-state index in [1.807, 2.05) is 6.92 Å². The van der Waals surface area contributed by atoms with E-state index < -0.39 is 5.60 Å². The van der Waals surface area contributed by atoms with Crippen molar-refractivity contribution in [1.82, 2.24) is 9.88 Å². The number of oxazole rings is 1. The molecule has 0 aromatic carbocycles. The summed E-state index contributed by atoms with van der Waals surface area (Å²) in [7, 11) is 0. The highest BCUT2D eigenvalue weighted by molar-refractivity contribution is 5.92. The van der Waals surface area contributed by atoms with E-state index in [1.54, 1.807) is 20.8 Å². The molecule has 16 heavy (non-hydrogen) atoms. The highest BCUT2D eigenvalue weighted by Crippen LogP contribution is 2.12. The number of aryl methyl sites for hydroxylation is 1. The number of aromatic nitrogens is 1. The van der Waals surface area contributed by atoms with Gasteiger partial charge in [0.1, 0.15) is 0 Å². The van der Waals surface area contributed by atoms with Crippen LogP contribution in [-0.2, 0) is 0 Å². The van der Waals surface area contributed by atoms with Crippen molar-refractivity contribution in [3.63, 3.8) is 0 Å². The van der Waals surface area contributed by atoms with Crippen LogP contribution in [0.2, 0.25) is 0 Å². The van der Waals surface area contributed by atoms with Gasteiger partial charge in [-0.05, 0) is 27.7 Å². The lowest BCUT2D eigenvalue weighted by atomic mass is 10.1. The van der Waals surface area contributed by atoms with Crippen molar-refractivity contribution in [3.05, 3.63) is 17.8 Å². The van der Waals surface area contributed by atoms with Crippen molar-refractivity contribution < 1.29 is 14.3 Å². The summed E-state index contributed by atoms with van der Waals surface area (Å²) in [5.74, 6) is 0.00530. The molecule has 1 aromatic heterocycles. The molecule has 1 aromatic rings. The van der Waals surface area contributed by atoms with Crippen LogP contribution in [0.15, 0.2) is 10.8 Å². The highest BCUT2D eigenvalue weighted by Gasteiger charge is 2.25. The summed E-state index contributed by atoms with van der Waals surface area (Å²) in [6.45, 7) is 7.68. The van der Waals surface area contributed by atoms with E-state index in [4.69, 9.17) is 4.42 Å². The average Bonchev–Trinajstić information content (AvgIpc) is 2.58. The van der Waals surface area contributed by atoms with Crippen LogP contribution >= 0.6 is 0 Å². The number of amides is 1. The van der Waals surface area contributed by atoms with Crippen LogP contribution in [0, 0.1) is 6.92 Å². The molecule has 0 fully saturated rings. The number of rotatable bonds is 4. The molecule has 0 radical (unpaired) electrons. The summed E-state index contributed by atoms with van der Waals surface area (Å²) >= 11 is 0. The molecule has 5 heteroatoms. The predicted molar refractivity (Wildman–Crippen MR) is 59.1 cm³/mol. The van der Waals surface area contributed by atoms with E-state index >= 15 is 0 Å². The van der Waals surface area contributed by atoms with Crippen LogP contribution in [0.4, 0.5) is 0 Å². The van der Waals surface area contributed by atoms with Gasteiger partial charge in [-0.25, -0.2) is 4.98 Å². The fraction of sp³-hybridized carbons (Fsp3) is 0.636. The Kier molecular flexibility index (Phi) is 3.70. The van der Waals surface area contributed by atoms with E-state index in [0.717, 1.165) is 0 Å². The third-order valence-corrected chi connectivity index (χ3v) is 2.19. The number of hydrogen-bond donors (Lipinski definition) is 1. The summed E-state index contributed by atoms with van der Waals surface area (Å²) in [4.78, 5) is 17.4. The number of carbonyl (C=O) groups is 1. The molecule has 0 unspecified atom stereocenters. The van der Waals surface area contributed by atoms with E-state index in [0.29, 0.717) is 12.2 Å². The maximum Gasteiger partial charge on any atom is 0.291 e. The quantitative estimate of drug-likeness (QED) is 0.838. The molecule has 0 aliphatic rings. The Hall–Kier alpha value is -1.36. The first kappa shape index (κ1) is 12.7. The first-order valence-corrected chi connectivity index (χ1v) is 5.27. The predicted octanol–water partition coefficient (Wildman–Crippen LogP) is 1.22. The van der Waals surface area contributed by atoms with Crippen molar-refractivity contribution in [2.24, 2.45) is 0 Å². The molecule has 1 amide bonds. The Balaban J connectivity index is 2.82. The average molecular weight is 226 g/mol. The van der Waals surface area contributed by atoms with Crippen LogP contribution in [0.3, 0.4) is 0 Å². The maximum absolute atomic E-state index is 12.0. The van der Waals surface area contributed by atoms with Crippen molar-refractivity contribution in [3.8, 4) is 0 Å². The molecular weight excluding hydrogens is 208 g/mol. The minimum atomic E-state index is -0.917. The van der Waals surface area contributed by atoms with Crippen LogP contribution in [0.5, 0.6) is 0 Å². The molecule has 0 bridgehead atoms. The van der Waals surface area contributed by atoms with Crippen molar-refractivity contribution in [1.29, 1.82) is 0 Å². The fourth-order valence-corrected chi connectivity index (χ4v) is 1.45. The number of likely N-dealkylation sites (N-methyl/N-ethyl adjacent to an activating group) is 1. The first-order valence-electron chi connectivity index (χ1n) is 5.27. The van der Waals surface area contributed by atoms with Gasteiger partial charge in [-0.3, -0.25) is 4.79 Å². The molecule has 1 rings (SSSR count). The molecule has 0 atom stereocenters. The lowest BCUT2D eigenvalue weighted by molar-refractivity contribution is 0.0298. The lowest BCUT2D eigenvalue weighted by Gasteiger charge is -2.27. The van der Waals surface area contributed by atoms with E-state index in [2.05, 4.69) is 4.98 Å². The molecule has 0 spiro atoms. The van der Waals surface area contributed by atoms with Gasteiger partial charge in [0.2, 0.25) is 5.76 Å². The summed E-state index contributed by atoms with van der Waals surface area (Å²) in [5.41, 5.74) is -0.348. The zero-order valence-corrected chi connectivity index (χ0v) is 10.1. The monoisotopic (exact) mass is 226 g/mol. The van der Waals surface area contributed by atoms with Crippen LogP contribution in [0.25, 0.3) is 0 Å².